The molecule has 1 aromatic carbocycles. The highest BCUT2D eigenvalue weighted by atomic mass is 19.1. The molecule has 82 valence electrons. The first-order chi connectivity index (χ1) is 7.77. The second-order valence-electron chi connectivity index (χ2n) is 3.51. The maximum Gasteiger partial charge on any atom is 0.128 e. The molecule has 0 aliphatic rings. The highest BCUT2D eigenvalue weighted by molar-refractivity contribution is 5.40. The first-order valence-electron chi connectivity index (χ1n) is 5.03. The minimum atomic E-state index is -0.209. The largest absolute Gasteiger partial charge is 0.376 e. The summed E-state index contributed by atoms with van der Waals surface area (Å²) in [7, 11) is 0. The van der Waals surface area contributed by atoms with Crippen molar-refractivity contribution in [2.75, 3.05) is 5.32 Å². The van der Waals surface area contributed by atoms with Crippen LogP contribution in [-0.2, 0) is 0 Å². The average Bonchev–Trinajstić information content (AvgIpc) is 2.31. The summed E-state index contributed by atoms with van der Waals surface area (Å²) in [6, 6.07) is 6.59. The van der Waals surface area contributed by atoms with Crippen LogP contribution in [0.2, 0.25) is 0 Å². The zero-order valence-electron chi connectivity index (χ0n) is 8.89. The summed E-state index contributed by atoms with van der Waals surface area (Å²) in [6.07, 6.45) is 4.77. The first kappa shape index (κ1) is 10.5. The number of rotatable bonds is 3. The molecule has 0 amide bonds. The van der Waals surface area contributed by atoms with Crippen molar-refractivity contribution in [2.45, 2.75) is 13.0 Å². The Kier molecular flexibility index (Phi) is 3.10. The molecule has 0 spiro atoms. The van der Waals surface area contributed by atoms with E-state index in [9.17, 15) is 4.39 Å². The molecule has 2 aromatic rings. The molecule has 4 heteroatoms. The number of hydrogen-bond acceptors (Lipinski definition) is 3. The van der Waals surface area contributed by atoms with Gasteiger partial charge in [-0.3, -0.25) is 0 Å². The molecule has 0 aliphatic carbocycles. The van der Waals surface area contributed by atoms with Gasteiger partial charge in [0.1, 0.15) is 12.1 Å². The van der Waals surface area contributed by atoms with Crippen LogP contribution in [0.1, 0.15) is 18.5 Å². The Bertz CT molecular complexity index is 459. The van der Waals surface area contributed by atoms with Crippen LogP contribution in [0, 0.1) is 5.82 Å². The number of aromatic nitrogens is 2. The standard InChI is InChI=1S/C12H12FN3/c1-9(11-4-2-3-5-12(11)13)16-10-6-14-8-15-7-10/h2-9,16H,1H3. The van der Waals surface area contributed by atoms with E-state index in [1.165, 1.54) is 12.4 Å². The lowest BCUT2D eigenvalue weighted by atomic mass is 10.1. The number of nitrogens with one attached hydrogen (secondary N) is 1. The molecule has 1 atom stereocenters. The van der Waals surface area contributed by atoms with Gasteiger partial charge < -0.3 is 5.32 Å². The van der Waals surface area contributed by atoms with Gasteiger partial charge in [0, 0.05) is 5.56 Å². The van der Waals surface area contributed by atoms with E-state index >= 15 is 0 Å². The number of hydrogen-bond donors (Lipinski definition) is 1. The average molecular weight is 217 g/mol. The summed E-state index contributed by atoms with van der Waals surface area (Å²) < 4.78 is 13.5. The number of anilines is 1. The van der Waals surface area contributed by atoms with Crippen LogP contribution in [0.5, 0.6) is 0 Å². The van der Waals surface area contributed by atoms with Crippen molar-refractivity contribution < 1.29 is 4.39 Å². The van der Waals surface area contributed by atoms with Gasteiger partial charge in [-0.15, -0.1) is 0 Å². The molecule has 0 saturated heterocycles. The van der Waals surface area contributed by atoms with Crippen LogP contribution < -0.4 is 5.32 Å². The molecular weight excluding hydrogens is 205 g/mol. The van der Waals surface area contributed by atoms with Crippen LogP contribution in [0.4, 0.5) is 10.1 Å². The maximum absolute atomic E-state index is 13.5. The Labute approximate surface area is 93.4 Å². The van der Waals surface area contributed by atoms with Gasteiger partial charge in [0.05, 0.1) is 24.1 Å². The van der Waals surface area contributed by atoms with E-state index in [1.807, 2.05) is 13.0 Å². The van der Waals surface area contributed by atoms with Crippen molar-refractivity contribution in [2.24, 2.45) is 0 Å². The summed E-state index contributed by atoms with van der Waals surface area (Å²) >= 11 is 0. The van der Waals surface area contributed by atoms with Gasteiger partial charge in [-0.05, 0) is 13.0 Å². The van der Waals surface area contributed by atoms with Gasteiger partial charge in [0.15, 0.2) is 0 Å². The summed E-state index contributed by atoms with van der Waals surface area (Å²) in [5, 5.41) is 3.13. The fourth-order valence-corrected chi connectivity index (χ4v) is 1.53. The van der Waals surface area contributed by atoms with E-state index < -0.39 is 0 Å². The van der Waals surface area contributed by atoms with E-state index in [4.69, 9.17) is 0 Å². The second kappa shape index (κ2) is 4.70. The fraction of sp³-hybridized carbons (Fsp3) is 0.167. The van der Waals surface area contributed by atoms with E-state index in [0.717, 1.165) is 5.69 Å². The lowest BCUT2D eigenvalue weighted by molar-refractivity contribution is 0.600. The minimum Gasteiger partial charge on any atom is -0.376 e. The number of halogens is 1. The SMILES string of the molecule is CC(Nc1cncnc1)c1ccccc1F. The topological polar surface area (TPSA) is 37.8 Å². The van der Waals surface area contributed by atoms with E-state index in [-0.39, 0.29) is 11.9 Å². The van der Waals surface area contributed by atoms with Crippen LogP contribution in [0.15, 0.2) is 43.0 Å². The molecule has 0 fully saturated rings. The number of benzene rings is 1. The van der Waals surface area contributed by atoms with Crippen molar-refractivity contribution >= 4 is 5.69 Å². The van der Waals surface area contributed by atoms with E-state index in [0.29, 0.717) is 5.56 Å². The molecule has 16 heavy (non-hydrogen) atoms. The molecule has 1 heterocycles. The van der Waals surface area contributed by atoms with Crippen LogP contribution in [0.25, 0.3) is 0 Å². The Morgan fingerprint density at radius 3 is 2.56 bits per heavy atom. The Balaban J connectivity index is 2.15. The highest BCUT2D eigenvalue weighted by Crippen LogP contribution is 2.20. The smallest absolute Gasteiger partial charge is 0.128 e. The third-order valence-electron chi connectivity index (χ3n) is 2.32. The van der Waals surface area contributed by atoms with E-state index in [2.05, 4.69) is 15.3 Å². The molecule has 0 radical (unpaired) electrons. The molecular formula is C12H12FN3. The van der Waals surface area contributed by atoms with Crippen molar-refractivity contribution in [3.05, 3.63) is 54.4 Å². The highest BCUT2D eigenvalue weighted by Gasteiger charge is 2.09. The first-order valence-corrected chi connectivity index (χ1v) is 5.03. The Morgan fingerprint density at radius 2 is 1.88 bits per heavy atom. The lowest BCUT2D eigenvalue weighted by Gasteiger charge is -2.15. The Morgan fingerprint density at radius 1 is 1.19 bits per heavy atom. The third-order valence-corrected chi connectivity index (χ3v) is 2.32. The van der Waals surface area contributed by atoms with Gasteiger partial charge in [-0.25, -0.2) is 14.4 Å². The van der Waals surface area contributed by atoms with Crippen molar-refractivity contribution in [3.8, 4) is 0 Å². The Hall–Kier alpha value is -1.97. The summed E-state index contributed by atoms with van der Waals surface area (Å²) in [5.74, 6) is -0.209. The molecule has 0 bridgehead atoms. The molecule has 1 N–H and O–H groups in total. The monoisotopic (exact) mass is 217 g/mol. The molecule has 0 aliphatic heterocycles. The molecule has 3 nitrogen and oxygen atoms in total. The van der Waals surface area contributed by atoms with Crippen molar-refractivity contribution in [1.82, 2.24) is 9.97 Å². The van der Waals surface area contributed by atoms with Gasteiger partial charge >= 0.3 is 0 Å². The van der Waals surface area contributed by atoms with Crippen molar-refractivity contribution in [1.29, 1.82) is 0 Å². The van der Waals surface area contributed by atoms with Crippen LogP contribution in [0.3, 0.4) is 0 Å². The quantitative estimate of drug-likeness (QED) is 0.859. The molecule has 2 rings (SSSR count). The minimum absolute atomic E-state index is 0.118. The van der Waals surface area contributed by atoms with Crippen molar-refractivity contribution in [3.63, 3.8) is 0 Å². The maximum atomic E-state index is 13.5. The zero-order chi connectivity index (χ0) is 11.4. The van der Waals surface area contributed by atoms with E-state index in [1.54, 1.807) is 24.5 Å². The van der Waals surface area contributed by atoms with Crippen LogP contribution in [-0.4, -0.2) is 9.97 Å². The predicted octanol–water partition coefficient (Wildman–Crippen LogP) is 2.79. The van der Waals surface area contributed by atoms with Gasteiger partial charge in [-0.1, -0.05) is 18.2 Å². The molecule has 1 unspecified atom stereocenters. The predicted molar refractivity (Wildman–Crippen MR) is 60.5 cm³/mol. The van der Waals surface area contributed by atoms with Gasteiger partial charge in [0.25, 0.3) is 0 Å². The van der Waals surface area contributed by atoms with Gasteiger partial charge in [-0.2, -0.15) is 0 Å². The lowest BCUT2D eigenvalue weighted by Crippen LogP contribution is -2.08. The van der Waals surface area contributed by atoms with Gasteiger partial charge in [0.2, 0.25) is 0 Å². The summed E-state index contributed by atoms with van der Waals surface area (Å²) in [6.45, 7) is 1.89. The second-order valence-corrected chi connectivity index (χ2v) is 3.51. The fourth-order valence-electron chi connectivity index (χ4n) is 1.53. The zero-order valence-corrected chi connectivity index (χ0v) is 8.89. The number of nitrogens with zero attached hydrogens (tertiary/aromatic N) is 2. The molecule has 0 saturated carbocycles. The summed E-state index contributed by atoms with van der Waals surface area (Å²) in [4.78, 5) is 7.77. The molecule has 1 aromatic heterocycles. The normalized spacial score (nSPS) is 12.1. The third kappa shape index (κ3) is 2.34. The van der Waals surface area contributed by atoms with Crippen LogP contribution >= 0.6 is 0 Å². The summed E-state index contributed by atoms with van der Waals surface area (Å²) in [5.41, 5.74) is 1.41.